The summed E-state index contributed by atoms with van der Waals surface area (Å²) in [6.07, 6.45) is 10.8. The van der Waals surface area contributed by atoms with Crippen molar-refractivity contribution in [3.8, 4) is 5.88 Å². The van der Waals surface area contributed by atoms with Crippen LogP contribution < -0.4 is 16.0 Å². The summed E-state index contributed by atoms with van der Waals surface area (Å²) in [4.78, 5) is 24.8. The van der Waals surface area contributed by atoms with Crippen LogP contribution in [-0.2, 0) is 18.3 Å². The second-order valence-corrected chi connectivity index (χ2v) is 14.0. The van der Waals surface area contributed by atoms with Crippen LogP contribution >= 0.6 is 27.7 Å². The Morgan fingerprint density at radius 3 is 1.91 bits per heavy atom. The van der Waals surface area contributed by atoms with Gasteiger partial charge >= 0.3 is 5.69 Å². The van der Waals surface area contributed by atoms with Gasteiger partial charge in [0.25, 0.3) is 5.56 Å². The number of hydrogen-bond acceptors (Lipinski definition) is 5. The van der Waals surface area contributed by atoms with Crippen LogP contribution in [0.1, 0.15) is 78.7 Å². The van der Waals surface area contributed by atoms with Gasteiger partial charge in [0, 0.05) is 29.6 Å². The summed E-state index contributed by atoms with van der Waals surface area (Å²) in [6, 6.07) is 0. The van der Waals surface area contributed by atoms with Gasteiger partial charge in [-0.1, -0.05) is 71.1 Å². The van der Waals surface area contributed by atoms with Gasteiger partial charge < -0.3 is 9.47 Å². The van der Waals surface area contributed by atoms with Crippen molar-refractivity contribution in [1.82, 2.24) is 9.13 Å². The lowest BCUT2D eigenvalue weighted by molar-refractivity contribution is 0.175. The number of ether oxygens (including phenoxy) is 2. The van der Waals surface area contributed by atoms with E-state index in [4.69, 9.17) is 9.47 Å². The van der Waals surface area contributed by atoms with Gasteiger partial charge in [-0.05, 0) is 107 Å². The highest BCUT2D eigenvalue weighted by Crippen LogP contribution is 2.37. The third-order valence-corrected chi connectivity index (χ3v) is 10.4. The molecule has 46 heavy (non-hydrogen) atoms. The summed E-state index contributed by atoms with van der Waals surface area (Å²) < 4.78 is 14.4. The number of hydrogen-bond donors (Lipinski definition) is 0. The minimum absolute atomic E-state index is 0.320. The molecular weight excluding hydrogens is 660 g/mol. The van der Waals surface area contributed by atoms with E-state index in [9.17, 15) is 9.59 Å². The molecule has 1 aromatic rings. The monoisotopic (exact) mass is 712 g/mol. The lowest BCUT2D eigenvalue weighted by atomic mass is 9.85. The molecule has 0 spiro atoms. The van der Waals surface area contributed by atoms with Crippen molar-refractivity contribution in [2.45, 2.75) is 79.7 Å². The van der Waals surface area contributed by atoms with Crippen LogP contribution in [0.25, 0.3) is 5.57 Å². The molecule has 0 N–H and O–H groups in total. The van der Waals surface area contributed by atoms with Crippen molar-refractivity contribution in [2.24, 2.45) is 7.05 Å². The van der Waals surface area contributed by atoms with Crippen LogP contribution in [0.3, 0.4) is 0 Å². The lowest BCUT2D eigenvalue weighted by Crippen LogP contribution is -2.40. The lowest BCUT2D eigenvalue weighted by Gasteiger charge is -2.23. The highest BCUT2D eigenvalue weighted by molar-refractivity contribution is 9.12. The predicted molar refractivity (Wildman–Crippen MR) is 202 cm³/mol. The van der Waals surface area contributed by atoms with Crippen molar-refractivity contribution in [1.29, 1.82) is 0 Å². The summed E-state index contributed by atoms with van der Waals surface area (Å²) in [7, 11) is 2.99. The van der Waals surface area contributed by atoms with Gasteiger partial charge in [0.15, 0.2) is 0 Å². The molecule has 0 amide bonds. The van der Waals surface area contributed by atoms with E-state index in [1.54, 1.807) is 0 Å². The maximum atomic E-state index is 12.6. The smallest absolute Gasteiger partial charge is 0.333 e. The molecule has 0 unspecified atom stereocenters. The Balaban J connectivity index is 0.000000242. The van der Waals surface area contributed by atoms with Crippen molar-refractivity contribution in [3.63, 3.8) is 0 Å². The summed E-state index contributed by atoms with van der Waals surface area (Å²) in [5, 5.41) is 0. The molecule has 1 aromatic heterocycles. The van der Waals surface area contributed by atoms with E-state index in [1.165, 1.54) is 69.7 Å². The molecular formula is C38H53BrN2O4S. The number of thioether (sulfide) groups is 1. The maximum absolute atomic E-state index is 12.6. The second kappa shape index (κ2) is 19.1. The molecule has 0 radical (unpaired) electrons. The molecule has 0 aromatic carbocycles. The average molecular weight is 714 g/mol. The number of nitrogens with zero attached hydrogens (tertiary/aromatic N) is 2. The molecule has 0 saturated carbocycles. The third-order valence-electron chi connectivity index (χ3n) is 7.92. The zero-order valence-electron chi connectivity index (χ0n) is 29.1. The quantitative estimate of drug-likeness (QED) is 0.313. The van der Waals surface area contributed by atoms with Crippen molar-refractivity contribution >= 4 is 33.3 Å². The van der Waals surface area contributed by atoms with E-state index in [0.29, 0.717) is 24.6 Å². The van der Waals surface area contributed by atoms with Gasteiger partial charge in [0.05, 0.1) is 20.3 Å². The van der Waals surface area contributed by atoms with Crippen LogP contribution in [0.2, 0.25) is 0 Å². The predicted octanol–water partition coefficient (Wildman–Crippen LogP) is 9.24. The van der Waals surface area contributed by atoms with Crippen LogP contribution in [0, 0.1) is 0 Å². The molecule has 252 valence electrons. The maximum Gasteiger partial charge on any atom is 0.333 e. The topological polar surface area (TPSA) is 62.5 Å². The fourth-order valence-electron chi connectivity index (χ4n) is 5.60. The fraction of sp³-hybridized carbons (Fsp3) is 0.474. The van der Waals surface area contributed by atoms with Crippen molar-refractivity contribution in [3.05, 3.63) is 114 Å². The number of methoxy groups -OCH3 is 1. The minimum Gasteiger partial charge on any atom is -0.481 e. The molecule has 0 atom stereocenters. The molecule has 0 saturated heterocycles. The standard InChI is InChI=1S/C16H22N2O3.C8H11Br.C7H10O.C7H10S/c1-6-18-15(21-5)13(14(19)17(4)16(18)20)12-10(2)8-7-9-11(12)3;1-6-4-3-5-7(2)8(6)9;2*1-6-3-7(2)5-8-4-6/h2,6-9H2,1,3-5H3;1,3-5H2,2H3;2*3H,1,4-5H2,2H3. The van der Waals surface area contributed by atoms with E-state index in [1.807, 2.05) is 32.5 Å². The van der Waals surface area contributed by atoms with Crippen molar-refractivity contribution in [2.75, 3.05) is 31.8 Å². The van der Waals surface area contributed by atoms with Crippen LogP contribution in [0.15, 0.2) is 97.1 Å². The summed E-state index contributed by atoms with van der Waals surface area (Å²) in [5.41, 5.74) is 10.5. The number of aromatic nitrogens is 2. The zero-order valence-corrected chi connectivity index (χ0v) is 31.5. The molecule has 8 heteroatoms. The van der Waals surface area contributed by atoms with Gasteiger partial charge in [0.2, 0.25) is 5.88 Å². The number of halogens is 1. The van der Waals surface area contributed by atoms with Gasteiger partial charge in [0.1, 0.15) is 5.56 Å². The summed E-state index contributed by atoms with van der Waals surface area (Å²) in [6.45, 7) is 27.8. The molecule has 0 fully saturated rings. The Morgan fingerprint density at radius 2 is 1.48 bits per heavy atom. The van der Waals surface area contributed by atoms with E-state index in [-0.39, 0.29) is 11.2 Å². The molecule has 6 nitrogen and oxygen atoms in total. The molecule has 3 heterocycles. The van der Waals surface area contributed by atoms with E-state index in [2.05, 4.69) is 68.2 Å². The fourth-order valence-corrected chi connectivity index (χ4v) is 6.85. The normalized spacial score (nSPS) is 18.3. The Hall–Kier alpha value is -2.81. The zero-order chi connectivity index (χ0) is 34.6. The first kappa shape index (κ1) is 39.4. The minimum atomic E-state index is -0.359. The van der Waals surface area contributed by atoms with Gasteiger partial charge in [-0.2, -0.15) is 11.8 Å². The van der Waals surface area contributed by atoms with E-state index < -0.39 is 0 Å². The largest absolute Gasteiger partial charge is 0.481 e. The Morgan fingerprint density at radius 1 is 0.870 bits per heavy atom. The summed E-state index contributed by atoms with van der Waals surface area (Å²) >= 11 is 5.44. The molecule has 0 bridgehead atoms. The Labute approximate surface area is 289 Å². The van der Waals surface area contributed by atoms with E-state index >= 15 is 0 Å². The molecule has 2 aliphatic carbocycles. The Bertz CT molecular complexity index is 1550. The highest BCUT2D eigenvalue weighted by atomic mass is 79.9. The van der Waals surface area contributed by atoms with Crippen LogP contribution in [0.5, 0.6) is 5.88 Å². The van der Waals surface area contributed by atoms with Crippen molar-refractivity contribution < 1.29 is 9.47 Å². The van der Waals surface area contributed by atoms with Gasteiger partial charge in [-0.25, -0.2) is 4.79 Å². The second-order valence-electron chi connectivity index (χ2n) is 12.2. The van der Waals surface area contributed by atoms with E-state index in [0.717, 1.165) is 64.9 Å². The van der Waals surface area contributed by atoms with Crippen LogP contribution in [-0.4, -0.2) is 41.0 Å². The average Bonchev–Trinajstić information content (AvgIpc) is 3.00. The van der Waals surface area contributed by atoms with Gasteiger partial charge in [-0.3, -0.25) is 13.9 Å². The number of rotatable bonds is 3. The summed E-state index contributed by atoms with van der Waals surface area (Å²) in [5.74, 6) is 2.65. The molecule has 2 aliphatic heterocycles. The molecule has 5 rings (SSSR count). The third kappa shape index (κ3) is 11.2. The SMILES string of the molecule is C=C1C=C(C)COC1.C=C1C=C(C)CSC1.C=C1CCCC(C)=C1Br.C=C1CCCC(C)=C1c1c(OC)n(CC)c(=O)n(C)c1=O. The highest BCUT2D eigenvalue weighted by Gasteiger charge is 2.25. The first-order valence-electron chi connectivity index (χ1n) is 15.9. The molecule has 4 aliphatic rings. The Kier molecular flexibility index (Phi) is 16.4. The first-order chi connectivity index (χ1) is 21.7. The van der Waals surface area contributed by atoms with Gasteiger partial charge in [-0.15, -0.1) is 0 Å². The number of allylic oxidation sites excluding steroid dienone is 7. The van der Waals surface area contributed by atoms with Crippen LogP contribution in [0.4, 0.5) is 0 Å². The first-order valence-corrected chi connectivity index (χ1v) is 17.8.